The second kappa shape index (κ2) is 12.3. The Kier molecular flexibility index (Phi) is 8.51. The standard InChI is InChI=1S/C32H26BrClF4N6O3/c1-3-43-26-10-8-20(11-19(26)13-40-43)44-28(29(45)39-14-21-24(34)5-4-6-25(21)35)27-16-41(17(2)15-42(27)31(44)47)30(46)18-7-9-23(33)22(12-18)32(36,37)38/h4-13,17H,3,14-16H2,1-2H3,(H,39,45). The third-order valence-electron chi connectivity index (χ3n) is 8.21. The highest BCUT2D eigenvalue weighted by Gasteiger charge is 2.37. The Morgan fingerprint density at radius 2 is 1.89 bits per heavy atom. The van der Waals surface area contributed by atoms with E-state index in [0.29, 0.717) is 17.6 Å². The lowest BCUT2D eigenvalue weighted by atomic mass is 10.1. The van der Waals surface area contributed by atoms with Gasteiger partial charge in [0.15, 0.2) is 0 Å². The number of aryl methyl sites for hydroxylation is 1. The summed E-state index contributed by atoms with van der Waals surface area (Å²) in [5.41, 5.74) is -0.519. The molecule has 1 aliphatic heterocycles. The monoisotopic (exact) mass is 732 g/mol. The summed E-state index contributed by atoms with van der Waals surface area (Å²) in [6, 6.07) is 11.8. The van der Waals surface area contributed by atoms with Gasteiger partial charge in [-0.3, -0.25) is 23.4 Å². The van der Waals surface area contributed by atoms with Gasteiger partial charge in [0.25, 0.3) is 11.8 Å². The summed E-state index contributed by atoms with van der Waals surface area (Å²) in [7, 11) is 0. The summed E-state index contributed by atoms with van der Waals surface area (Å²) in [4.78, 5) is 43.0. The minimum Gasteiger partial charge on any atom is -0.346 e. The lowest BCUT2D eigenvalue weighted by Crippen LogP contribution is -2.47. The predicted octanol–water partition coefficient (Wildman–Crippen LogP) is 6.56. The van der Waals surface area contributed by atoms with E-state index < -0.39 is 41.1 Å². The lowest BCUT2D eigenvalue weighted by Gasteiger charge is -2.34. The highest BCUT2D eigenvalue weighted by atomic mass is 79.9. The van der Waals surface area contributed by atoms with Crippen LogP contribution in [0.4, 0.5) is 17.6 Å². The van der Waals surface area contributed by atoms with E-state index in [1.165, 1.54) is 38.3 Å². The molecule has 47 heavy (non-hydrogen) atoms. The van der Waals surface area contributed by atoms with E-state index in [2.05, 4.69) is 26.3 Å². The van der Waals surface area contributed by atoms with E-state index >= 15 is 0 Å². The maximum Gasteiger partial charge on any atom is 0.417 e. The summed E-state index contributed by atoms with van der Waals surface area (Å²) in [5.74, 6) is -2.09. The molecule has 2 aromatic heterocycles. The van der Waals surface area contributed by atoms with Crippen LogP contribution in [0.25, 0.3) is 16.6 Å². The van der Waals surface area contributed by atoms with Gasteiger partial charge in [-0.15, -0.1) is 0 Å². The minimum atomic E-state index is -4.71. The maximum atomic E-state index is 14.6. The number of halogens is 6. The van der Waals surface area contributed by atoms with Crippen LogP contribution in [0.3, 0.4) is 0 Å². The average Bonchev–Trinajstić information content (AvgIpc) is 3.57. The Bertz CT molecular complexity index is 2100. The molecule has 3 heterocycles. The van der Waals surface area contributed by atoms with Crippen molar-refractivity contribution in [1.82, 2.24) is 29.1 Å². The molecule has 1 aliphatic rings. The zero-order valence-corrected chi connectivity index (χ0v) is 27.2. The molecule has 1 N–H and O–H groups in total. The number of nitrogens with zero attached hydrogens (tertiary/aromatic N) is 5. The van der Waals surface area contributed by atoms with Crippen molar-refractivity contribution in [1.29, 1.82) is 0 Å². The quantitative estimate of drug-likeness (QED) is 0.200. The molecule has 1 atom stereocenters. The van der Waals surface area contributed by atoms with E-state index in [4.69, 9.17) is 11.6 Å². The molecule has 0 radical (unpaired) electrons. The van der Waals surface area contributed by atoms with Crippen molar-refractivity contribution >= 4 is 50.2 Å². The molecule has 5 aromatic rings. The number of carbonyl (C=O) groups excluding carboxylic acids is 2. The maximum absolute atomic E-state index is 14.6. The molecule has 15 heteroatoms. The van der Waals surface area contributed by atoms with Crippen molar-refractivity contribution in [2.45, 2.75) is 52.2 Å². The zero-order chi connectivity index (χ0) is 33.8. The van der Waals surface area contributed by atoms with Gasteiger partial charge >= 0.3 is 11.9 Å². The second-order valence-electron chi connectivity index (χ2n) is 11.1. The normalized spacial score (nSPS) is 14.8. The van der Waals surface area contributed by atoms with Crippen LogP contribution in [0.2, 0.25) is 5.02 Å². The van der Waals surface area contributed by atoms with E-state index in [0.717, 1.165) is 17.6 Å². The van der Waals surface area contributed by atoms with Crippen molar-refractivity contribution in [2.24, 2.45) is 0 Å². The number of nitrogens with one attached hydrogen (secondary N) is 1. The molecular formula is C32H26BrClF4N6O3. The van der Waals surface area contributed by atoms with Crippen LogP contribution in [0.1, 0.15) is 51.5 Å². The SMILES string of the molecule is CCn1ncc2cc(-n3c(C(=O)NCc4c(F)cccc4Cl)c4n(c3=O)CC(C)N(C(=O)c3ccc(Br)c(C(F)(F)F)c3)C4)ccc21. The van der Waals surface area contributed by atoms with Gasteiger partial charge in [0, 0.05) is 51.7 Å². The molecule has 2 amide bonds. The molecule has 0 fully saturated rings. The number of hydrogen-bond donors (Lipinski definition) is 1. The summed E-state index contributed by atoms with van der Waals surface area (Å²) in [6.07, 6.45) is -3.07. The topological polar surface area (TPSA) is 94.2 Å². The Morgan fingerprint density at radius 3 is 2.60 bits per heavy atom. The van der Waals surface area contributed by atoms with Crippen molar-refractivity contribution in [3.63, 3.8) is 0 Å². The number of imidazole rings is 1. The number of fused-ring (bicyclic) bond motifs is 2. The summed E-state index contributed by atoms with van der Waals surface area (Å²) in [5, 5.41) is 7.81. The van der Waals surface area contributed by atoms with Crippen LogP contribution in [-0.4, -0.2) is 41.7 Å². The van der Waals surface area contributed by atoms with Gasteiger partial charge < -0.3 is 10.2 Å². The Balaban J connectivity index is 1.45. The first-order chi connectivity index (χ1) is 22.3. The molecule has 0 saturated heterocycles. The molecular weight excluding hydrogens is 708 g/mol. The number of rotatable bonds is 6. The fraction of sp³-hybridized carbons (Fsp3) is 0.250. The first kappa shape index (κ1) is 32.5. The zero-order valence-electron chi connectivity index (χ0n) is 24.9. The molecule has 6 rings (SSSR count). The number of alkyl halides is 3. The molecule has 0 spiro atoms. The highest BCUT2D eigenvalue weighted by molar-refractivity contribution is 9.10. The number of carbonyl (C=O) groups is 2. The second-order valence-corrected chi connectivity index (χ2v) is 12.3. The molecule has 0 aliphatic carbocycles. The van der Waals surface area contributed by atoms with Crippen molar-refractivity contribution < 1.29 is 27.2 Å². The average molecular weight is 734 g/mol. The molecule has 3 aromatic carbocycles. The molecule has 9 nitrogen and oxygen atoms in total. The number of amides is 2. The third kappa shape index (κ3) is 5.84. The largest absolute Gasteiger partial charge is 0.417 e. The summed E-state index contributed by atoms with van der Waals surface area (Å²) in [6.45, 7) is 3.61. The minimum absolute atomic E-state index is 0.0367. The van der Waals surface area contributed by atoms with Gasteiger partial charge in [-0.25, -0.2) is 9.18 Å². The van der Waals surface area contributed by atoms with E-state index in [1.54, 1.807) is 36.0 Å². The van der Waals surface area contributed by atoms with E-state index in [-0.39, 0.29) is 51.6 Å². The lowest BCUT2D eigenvalue weighted by molar-refractivity contribution is -0.138. The van der Waals surface area contributed by atoms with Crippen LogP contribution < -0.4 is 11.0 Å². The number of benzene rings is 3. The smallest absolute Gasteiger partial charge is 0.346 e. The van der Waals surface area contributed by atoms with Crippen LogP contribution >= 0.6 is 27.5 Å². The number of hydrogen-bond acceptors (Lipinski definition) is 4. The van der Waals surface area contributed by atoms with Gasteiger partial charge in [0.2, 0.25) is 0 Å². The van der Waals surface area contributed by atoms with Gasteiger partial charge in [0.1, 0.15) is 11.5 Å². The van der Waals surface area contributed by atoms with Crippen molar-refractivity contribution in [3.8, 4) is 5.69 Å². The van der Waals surface area contributed by atoms with Gasteiger partial charge in [0.05, 0.1) is 35.2 Å². The van der Waals surface area contributed by atoms with E-state index in [9.17, 15) is 31.9 Å². The van der Waals surface area contributed by atoms with Crippen LogP contribution in [0, 0.1) is 5.82 Å². The molecule has 1 unspecified atom stereocenters. The summed E-state index contributed by atoms with van der Waals surface area (Å²) < 4.78 is 59.6. The van der Waals surface area contributed by atoms with Crippen molar-refractivity contribution in [3.05, 3.63) is 115 Å². The van der Waals surface area contributed by atoms with Crippen LogP contribution in [-0.2, 0) is 32.4 Å². The van der Waals surface area contributed by atoms with Crippen LogP contribution in [0.15, 0.2) is 70.1 Å². The highest BCUT2D eigenvalue weighted by Crippen LogP contribution is 2.36. The Morgan fingerprint density at radius 1 is 1.13 bits per heavy atom. The molecule has 0 saturated carbocycles. The third-order valence-corrected chi connectivity index (χ3v) is 9.25. The predicted molar refractivity (Wildman–Crippen MR) is 170 cm³/mol. The van der Waals surface area contributed by atoms with E-state index in [1.807, 2.05) is 6.92 Å². The molecule has 244 valence electrons. The van der Waals surface area contributed by atoms with Gasteiger partial charge in [-0.1, -0.05) is 33.6 Å². The summed E-state index contributed by atoms with van der Waals surface area (Å²) >= 11 is 9.07. The van der Waals surface area contributed by atoms with Crippen molar-refractivity contribution in [2.75, 3.05) is 0 Å². The fourth-order valence-corrected chi connectivity index (χ4v) is 6.52. The van der Waals surface area contributed by atoms with Crippen LogP contribution in [0.5, 0.6) is 0 Å². The first-order valence-electron chi connectivity index (χ1n) is 14.5. The first-order valence-corrected chi connectivity index (χ1v) is 15.7. The fourth-order valence-electron chi connectivity index (χ4n) is 5.82. The Labute approximate surface area is 278 Å². The van der Waals surface area contributed by atoms with Gasteiger partial charge in [-0.2, -0.15) is 18.3 Å². The molecule has 0 bridgehead atoms. The van der Waals surface area contributed by atoms with Gasteiger partial charge in [-0.05, 0) is 62.4 Å². The number of aromatic nitrogens is 4. The Hall–Kier alpha value is -4.43.